The predicted octanol–water partition coefficient (Wildman–Crippen LogP) is 0.658. The van der Waals surface area contributed by atoms with E-state index in [1.807, 2.05) is 13.8 Å². The number of aromatic nitrogens is 3. The van der Waals surface area contributed by atoms with Gasteiger partial charge in [-0.25, -0.2) is 0 Å². The fraction of sp³-hybridized carbons (Fsp3) is 0.700. The number of nitrogens with zero attached hydrogens (tertiary/aromatic N) is 2. The number of carbonyl (C=O) groups is 1. The van der Waals surface area contributed by atoms with Gasteiger partial charge in [-0.3, -0.25) is 0 Å². The van der Waals surface area contributed by atoms with Crippen molar-refractivity contribution in [1.29, 1.82) is 0 Å². The molecule has 0 atom stereocenters. The van der Waals surface area contributed by atoms with Crippen molar-refractivity contribution in [2.24, 2.45) is 0 Å². The van der Waals surface area contributed by atoms with Gasteiger partial charge in [0.2, 0.25) is 0 Å². The van der Waals surface area contributed by atoms with Crippen LogP contribution in [0.25, 0.3) is 0 Å². The number of unbranched alkanes of at least 4 members (excludes halogenated alkanes) is 1. The van der Waals surface area contributed by atoms with Crippen molar-refractivity contribution in [2.75, 3.05) is 0 Å². The van der Waals surface area contributed by atoms with Gasteiger partial charge < -0.3 is 0 Å². The summed E-state index contributed by atoms with van der Waals surface area (Å²) < 4.78 is 18.7. The van der Waals surface area contributed by atoms with E-state index < -0.39 is 20.2 Å². The van der Waals surface area contributed by atoms with E-state index >= 15 is 0 Å². The van der Waals surface area contributed by atoms with Crippen LogP contribution in [0.2, 0.25) is 4.44 Å². The molecule has 17 heavy (non-hydrogen) atoms. The van der Waals surface area contributed by atoms with Crippen molar-refractivity contribution in [3.63, 3.8) is 0 Å². The Labute approximate surface area is 108 Å². The zero-order valence-electron chi connectivity index (χ0n) is 10.2. The molecule has 1 rings (SSSR count). The molecule has 6 nitrogen and oxygen atoms in total. The molecule has 1 heterocycles. The summed E-state index contributed by atoms with van der Waals surface area (Å²) in [5.74, 6) is -0.369. The first-order chi connectivity index (χ1) is 8.13. The van der Waals surface area contributed by atoms with Crippen molar-refractivity contribution in [3.8, 4) is 0 Å². The van der Waals surface area contributed by atoms with Gasteiger partial charge in [-0.15, -0.1) is 0 Å². The van der Waals surface area contributed by atoms with Crippen molar-refractivity contribution in [3.05, 3.63) is 11.9 Å². The van der Waals surface area contributed by atoms with Gasteiger partial charge in [0.05, 0.1) is 0 Å². The molecule has 0 bridgehead atoms. The third-order valence-electron chi connectivity index (χ3n) is 2.36. The Kier molecular flexibility index (Phi) is 6.31. The molecule has 0 radical (unpaired) electrons. The number of aryl methyl sites for hydroxylation is 2. The maximum absolute atomic E-state index is 11.5. The summed E-state index contributed by atoms with van der Waals surface area (Å²) in [4.78, 5) is 11.4. The monoisotopic (exact) mass is 348 g/mol. The van der Waals surface area contributed by atoms with E-state index in [1.165, 1.54) is 0 Å². The molecule has 0 aliphatic rings. The molecule has 0 spiro atoms. The van der Waals surface area contributed by atoms with Gasteiger partial charge in [-0.2, -0.15) is 0 Å². The van der Waals surface area contributed by atoms with E-state index in [0.29, 0.717) is 11.0 Å². The van der Waals surface area contributed by atoms with Crippen LogP contribution < -0.4 is 4.68 Å². The summed E-state index contributed by atoms with van der Waals surface area (Å²) in [5.41, 5.74) is 0.949. The number of carbonyl (C=O) groups excluding carboxylic acids is 1. The molecular weight excluding hydrogens is 329 g/mol. The topological polar surface area (TPSA) is 75.9 Å². The van der Waals surface area contributed by atoms with Crippen LogP contribution in [0.15, 0.2) is 6.20 Å². The molecule has 94 valence electrons. The number of rotatable bonds is 7. The summed E-state index contributed by atoms with van der Waals surface area (Å²) in [7, 11) is 0. The summed E-state index contributed by atoms with van der Waals surface area (Å²) in [6, 6.07) is 0. The van der Waals surface area contributed by atoms with E-state index in [2.05, 4.69) is 10.3 Å². The third-order valence-corrected chi connectivity index (χ3v) is 5.83. The summed E-state index contributed by atoms with van der Waals surface area (Å²) in [6.07, 6.45) is 3.76. The van der Waals surface area contributed by atoms with Gasteiger partial charge in [-0.05, 0) is 0 Å². The summed E-state index contributed by atoms with van der Waals surface area (Å²) in [5, 5.41) is 6.58. The minimum atomic E-state index is -3.08. The second kappa shape index (κ2) is 7.52. The van der Waals surface area contributed by atoms with E-state index in [9.17, 15) is 7.87 Å². The molecule has 0 amide bonds. The molecule has 1 N–H and O–H groups in total. The maximum atomic E-state index is 11.5. The Hall–Kier alpha value is -0.791. The molecule has 0 saturated heterocycles. The van der Waals surface area contributed by atoms with Crippen molar-refractivity contribution in [1.82, 2.24) is 10.3 Å². The molecule has 0 saturated carbocycles. The Morgan fingerprint density at radius 3 is 3.00 bits per heavy atom. The fourth-order valence-corrected chi connectivity index (χ4v) is 4.46. The van der Waals surface area contributed by atoms with Crippen molar-refractivity contribution in [2.45, 2.75) is 44.1 Å². The van der Waals surface area contributed by atoms with Gasteiger partial charge in [0.1, 0.15) is 0 Å². The predicted molar refractivity (Wildman–Crippen MR) is 60.4 cm³/mol. The van der Waals surface area contributed by atoms with Crippen LogP contribution in [0.5, 0.6) is 0 Å². The van der Waals surface area contributed by atoms with Crippen LogP contribution in [-0.4, -0.2) is 36.4 Å². The van der Waals surface area contributed by atoms with Crippen LogP contribution >= 0.6 is 0 Å². The molecule has 0 fully saturated rings. The third kappa shape index (κ3) is 5.38. The molecule has 1 aromatic heterocycles. The zero-order chi connectivity index (χ0) is 12.7. The molecule has 0 aliphatic heterocycles. The Morgan fingerprint density at radius 2 is 2.41 bits per heavy atom. The van der Waals surface area contributed by atoms with Crippen LogP contribution in [0.4, 0.5) is 0 Å². The number of hydrogen-bond acceptors (Lipinski definition) is 4. The summed E-state index contributed by atoms with van der Waals surface area (Å²) in [6.45, 7) is 4.40. The molecular formula is C10H18N3O3Sn+. The molecule has 7 heteroatoms. The average Bonchev–Trinajstić information content (AvgIpc) is 2.69. The first kappa shape index (κ1) is 14.3. The van der Waals surface area contributed by atoms with Crippen LogP contribution in [0, 0.1) is 6.92 Å². The quantitative estimate of drug-likeness (QED) is 0.581. The molecule has 0 aliphatic carbocycles. The minimum absolute atomic E-state index is 0.228. The average molecular weight is 347 g/mol. The first-order valence-electron chi connectivity index (χ1n) is 5.76. The van der Waals surface area contributed by atoms with E-state index in [4.69, 9.17) is 3.07 Å². The standard InChI is InChI=1S/C6H9N3O2.C4H9.O.Sn/c1-5-4-7-8-9(5)3-2-6(10)11;1-3-4-2;;/h4H,2-3H2,1H3,(H,10,11);1,3-4H2,2H3;;/q;;;+1. The summed E-state index contributed by atoms with van der Waals surface area (Å²) >= 11 is -3.08. The number of nitrogens with one attached hydrogen (secondary N) is 1. The Morgan fingerprint density at radius 1 is 1.65 bits per heavy atom. The number of aromatic amines is 1. The zero-order valence-corrected chi connectivity index (χ0v) is 13.1. The fourth-order valence-electron chi connectivity index (χ4n) is 1.32. The van der Waals surface area contributed by atoms with Crippen LogP contribution in [0.3, 0.4) is 0 Å². The van der Waals surface area contributed by atoms with E-state index in [-0.39, 0.29) is 12.4 Å². The van der Waals surface area contributed by atoms with E-state index in [1.54, 1.807) is 10.9 Å². The molecule has 0 aromatic carbocycles. The molecule has 0 unspecified atom stereocenters. The first-order valence-corrected chi connectivity index (χ1v) is 10.1. The Balaban J connectivity index is 2.26. The van der Waals surface area contributed by atoms with Crippen LogP contribution in [-0.2, 0) is 17.5 Å². The van der Waals surface area contributed by atoms with Gasteiger partial charge in [-0.1, -0.05) is 0 Å². The van der Waals surface area contributed by atoms with Gasteiger partial charge in [0.25, 0.3) is 0 Å². The normalized spacial score (nSPS) is 10.2. The second-order valence-electron chi connectivity index (χ2n) is 3.85. The van der Waals surface area contributed by atoms with Crippen LogP contribution in [0.1, 0.15) is 31.9 Å². The van der Waals surface area contributed by atoms with Gasteiger partial charge in [0.15, 0.2) is 0 Å². The van der Waals surface area contributed by atoms with Crippen molar-refractivity contribution < 1.29 is 15.6 Å². The van der Waals surface area contributed by atoms with Gasteiger partial charge in [0, 0.05) is 0 Å². The molecule has 1 aromatic rings. The number of H-pyrrole nitrogens is 1. The number of hydrogen-bond donors (Lipinski definition) is 1. The van der Waals surface area contributed by atoms with E-state index in [0.717, 1.165) is 18.5 Å². The SMILES string of the molecule is CCC[CH2][Sn](=[O])[O]C(=O)CC[n+]1[nH]ncc1C. The second-order valence-corrected chi connectivity index (χ2v) is 7.98. The van der Waals surface area contributed by atoms with Gasteiger partial charge >= 0.3 is 108 Å². The van der Waals surface area contributed by atoms with Crippen molar-refractivity contribution >= 4 is 26.1 Å². The Bertz CT molecular complexity index is 392.